The number of aliphatic hydroxyl groups excluding tert-OH is 1. The number of rotatable bonds is 4. The maximum Gasteiger partial charge on any atom is 0.161 e. The van der Waals surface area contributed by atoms with Gasteiger partial charge < -0.3 is 5.11 Å². The first-order chi connectivity index (χ1) is 5.75. The third-order valence-electron chi connectivity index (χ3n) is 2.35. The molecule has 0 amide bonds. The number of hydrogen-bond acceptors (Lipinski definition) is 2. The Morgan fingerprint density at radius 3 is 2.75 bits per heavy atom. The van der Waals surface area contributed by atoms with Crippen molar-refractivity contribution in [3.8, 4) is 0 Å². The minimum Gasteiger partial charge on any atom is -0.388 e. The molecule has 0 saturated heterocycles. The Morgan fingerprint density at radius 2 is 2.25 bits per heavy atom. The molecule has 12 heavy (non-hydrogen) atoms. The highest BCUT2D eigenvalue weighted by molar-refractivity contribution is 5.94. The molecule has 0 saturated carbocycles. The Morgan fingerprint density at radius 1 is 1.50 bits per heavy atom. The van der Waals surface area contributed by atoms with Crippen LogP contribution in [0.3, 0.4) is 0 Å². The molecule has 2 atom stereocenters. The van der Waals surface area contributed by atoms with Crippen LogP contribution in [-0.4, -0.2) is 17.0 Å². The molecule has 0 aliphatic heterocycles. The van der Waals surface area contributed by atoms with Gasteiger partial charge >= 0.3 is 0 Å². The van der Waals surface area contributed by atoms with Crippen LogP contribution in [0.4, 0.5) is 0 Å². The van der Waals surface area contributed by atoms with Gasteiger partial charge in [0.15, 0.2) is 5.78 Å². The second kappa shape index (κ2) is 4.41. The largest absolute Gasteiger partial charge is 0.388 e. The highest BCUT2D eigenvalue weighted by Crippen LogP contribution is 2.21. The number of carbonyl (C=O) groups excluding carboxylic acids is 1. The molecule has 1 aliphatic rings. The van der Waals surface area contributed by atoms with E-state index in [1.54, 1.807) is 6.08 Å². The fourth-order valence-corrected chi connectivity index (χ4v) is 1.55. The number of carbonyl (C=O) groups is 1. The van der Waals surface area contributed by atoms with Crippen LogP contribution in [0.15, 0.2) is 12.2 Å². The third kappa shape index (κ3) is 2.18. The fourth-order valence-electron chi connectivity index (χ4n) is 1.55. The van der Waals surface area contributed by atoms with Crippen molar-refractivity contribution in [3.05, 3.63) is 12.2 Å². The molecular weight excluding hydrogens is 152 g/mol. The molecule has 0 aromatic carbocycles. The van der Waals surface area contributed by atoms with Crippen molar-refractivity contribution < 1.29 is 9.90 Å². The number of unbranched alkanes of at least 4 members (excludes halogenated alkanes) is 2. The number of aliphatic hydroxyl groups is 1. The smallest absolute Gasteiger partial charge is 0.161 e. The Hall–Kier alpha value is -0.630. The fraction of sp³-hybridized carbons (Fsp3) is 0.700. The topological polar surface area (TPSA) is 37.3 Å². The molecule has 1 N–H and O–H groups in total. The quantitative estimate of drug-likeness (QED) is 0.648. The van der Waals surface area contributed by atoms with Crippen molar-refractivity contribution in [2.24, 2.45) is 5.92 Å². The lowest BCUT2D eigenvalue weighted by atomic mass is 9.96. The number of hydrogen-bond donors (Lipinski definition) is 1. The van der Waals surface area contributed by atoms with E-state index in [-0.39, 0.29) is 11.7 Å². The Balaban J connectivity index is 2.28. The summed E-state index contributed by atoms with van der Waals surface area (Å²) in [7, 11) is 0. The average molecular weight is 168 g/mol. The maximum absolute atomic E-state index is 11.1. The zero-order chi connectivity index (χ0) is 8.97. The van der Waals surface area contributed by atoms with Crippen molar-refractivity contribution in [2.75, 3.05) is 0 Å². The molecule has 2 heteroatoms. The normalized spacial score (nSPS) is 28.3. The highest BCUT2D eigenvalue weighted by atomic mass is 16.3. The first-order valence-electron chi connectivity index (χ1n) is 4.66. The molecule has 1 aliphatic carbocycles. The Labute approximate surface area is 73.3 Å². The summed E-state index contributed by atoms with van der Waals surface area (Å²) >= 11 is 0. The van der Waals surface area contributed by atoms with E-state index < -0.39 is 6.10 Å². The monoisotopic (exact) mass is 168 g/mol. The second-order valence-corrected chi connectivity index (χ2v) is 3.35. The predicted octanol–water partition coefficient (Wildman–Crippen LogP) is 1.68. The molecule has 0 aromatic heterocycles. The molecule has 68 valence electrons. The summed E-state index contributed by atoms with van der Waals surface area (Å²) in [6.45, 7) is 2.13. The third-order valence-corrected chi connectivity index (χ3v) is 2.35. The Bertz CT molecular complexity index is 184. The van der Waals surface area contributed by atoms with Gasteiger partial charge in [0.05, 0.1) is 12.0 Å². The van der Waals surface area contributed by atoms with E-state index in [0.29, 0.717) is 0 Å². The van der Waals surface area contributed by atoms with Gasteiger partial charge in [-0.05, 0) is 12.5 Å². The molecule has 0 heterocycles. The van der Waals surface area contributed by atoms with Crippen LogP contribution in [0.5, 0.6) is 0 Å². The molecule has 1 rings (SSSR count). The molecule has 0 aromatic rings. The molecule has 0 bridgehead atoms. The standard InChI is InChI=1S/C10H16O2/c1-2-3-4-5-8-9(11)6-7-10(8)12/h6-9,11H,2-5H2,1H3/t8-,9-/m1/s1. The second-order valence-electron chi connectivity index (χ2n) is 3.35. The summed E-state index contributed by atoms with van der Waals surface area (Å²) in [5.41, 5.74) is 0. The van der Waals surface area contributed by atoms with E-state index in [4.69, 9.17) is 0 Å². The molecule has 0 spiro atoms. The molecule has 0 fully saturated rings. The van der Waals surface area contributed by atoms with Gasteiger partial charge in [-0.3, -0.25) is 4.79 Å². The molecule has 2 nitrogen and oxygen atoms in total. The van der Waals surface area contributed by atoms with Crippen molar-refractivity contribution in [1.82, 2.24) is 0 Å². The van der Waals surface area contributed by atoms with Crippen LogP contribution in [0.2, 0.25) is 0 Å². The van der Waals surface area contributed by atoms with Crippen LogP contribution in [0.1, 0.15) is 32.6 Å². The summed E-state index contributed by atoms with van der Waals surface area (Å²) in [6, 6.07) is 0. The van der Waals surface area contributed by atoms with Crippen LogP contribution < -0.4 is 0 Å². The highest BCUT2D eigenvalue weighted by Gasteiger charge is 2.27. The zero-order valence-electron chi connectivity index (χ0n) is 7.49. The van der Waals surface area contributed by atoms with Gasteiger partial charge in [0, 0.05) is 0 Å². The van der Waals surface area contributed by atoms with Crippen molar-refractivity contribution in [1.29, 1.82) is 0 Å². The van der Waals surface area contributed by atoms with Crippen molar-refractivity contribution >= 4 is 5.78 Å². The summed E-state index contributed by atoms with van der Waals surface area (Å²) in [6.07, 6.45) is 6.77. The Kier molecular flexibility index (Phi) is 3.48. The number of ketones is 1. The average Bonchev–Trinajstić information content (AvgIpc) is 2.35. The van der Waals surface area contributed by atoms with Gasteiger partial charge in [-0.2, -0.15) is 0 Å². The minimum absolute atomic E-state index is 0.0959. The maximum atomic E-state index is 11.1. The van der Waals surface area contributed by atoms with Crippen LogP contribution in [-0.2, 0) is 4.79 Å². The van der Waals surface area contributed by atoms with Crippen molar-refractivity contribution in [2.45, 2.75) is 38.7 Å². The summed E-state index contributed by atoms with van der Waals surface area (Å²) in [4.78, 5) is 11.1. The van der Waals surface area contributed by atoms with Gasteiger partial charge in [-0.15, -0.1) is 0 Å². The molecule has 0 unspecified atom stereocenters. The van der Waals surface area contributed by atoms with Gasteiger partial charge in [0.1, 0.15) is 0 Å². The van der Waals surface area contributed by atoms with Gasteiger partial charge in [0.2, 0.25) is 0 Å². The summed E-state index contributed by atoms with van der Waals surface area (Å²) in [5, 5.41) is 9.35. The first kappa shape index (κ1) is 9.46. The lowest BCUT2D eigenvalue weighted by Crippen LogP contribution is -2.19. The first-order valence-corrected chi connectivity index (χ1v) is 4.66. The number of allylic oxidation sites excluding steroid dienone is 1. The van der Waals surface area contributed by atoms with Gasteiger partial charge in [-0.1, -0.05) is 32.3 Å². The minimum atomic E-state index is -0.519. The van der Waals surface area contributed by atoms with Gasteiger partial charge in [-0.25, -0.2) is 0 Å². The molecular formula is C10H16O2. The SMILES string of the molecule is CCCCC[C@H]1C(=O)C=C[C@H]1O. The van der Waals surface area contributed by atoms with E-state index in [1.807, 2.05) is 0 Å². The lowest BCUT2D eigenvalue weighted by molar-refractivity contribution is -0.119. The van der Waals surface area contributed by atoms with E-state index in [0.717, 1.165) is 25.7 Å². The van der Waals surface area contributed by atoms with E-state index >= 15 is 0 Å². The van der Waals surface area contributed by atoms with E-state index in [2.05, 4.69) is 6.92 Å². The van der Waals surface area contributed by atoms with E-state index in [9.17, 15) is 9.90 Å². The molecule has 0 radical (unpaired) electrons. The van der Waals surface area contributed by atoms with Crippen LogP contribution in [0, 0.1) is 5.92 Å². The zero-order valence-corrected chi connectivity index (χ0v) is 7.49. The van der Waals surface area contributed by atoms with E-state index in [1.165, 1.54) is 6.08 Å². The van der Waals surface area contributed by atoms with Gasteiger partial charge in [0.25, 0.3) is 0 Å². The summed E-state index contributed by atoms with van der Waals surface area (Å²) in [5.74, 6) is -0.0462. The van der Waals surface area contributed by atoms with Crippen molar-refractivity contribution in [3.63, 3.8) is 0 Å². The predicted molar refractivity (Wildman–Crippen MR) is 47.8 cm³/mol. The van der Waals surface area contributed by atoms with Crippen LogP contribution >= 0.6 is 0 Å². The lowest BCUT2D eigenvalue weighted by Gasteiger charge is -2.11. The summed E-state index contributed by atoms with van der Waals surface area (Å²) < 4.78 is 0. The van der Waals surface area contributed by atoms with Crippen LogP contribution in [0.25, 0.3) is 0 Å².